The average Bonchev–Trinajstić information content (AvgIpc) is 3.29. The molecule has 0 saturated carbocycles. The fraction of sp³-hybridized carbons (Fsp3) is 0.476. The molecule has 4 rings (SSSR count). The van der Waals surface area contributed by atoms with Gasteiger partial charge >= 0.3 is 11.5 Å². The summed E-state index contributed by atoms with van der Waals surface area (Å²) in [6.07, 6.45) is 2.31. The summed E-state index contributed by atoms with van der Waals surface area (Å²) in [6, 6.07) is 7.35. The number of hydrogen-bond donors (Lipinski definition) is 1. The number of benzene rings is 1. The van der Waals surface area contributed by atoms with Crippen molar-refractivity contribution in [3.63, 3.8) is 0 Å². The molecule has 0 spiro atoms. The summed E-state index contributed by atoms with van der Waals surface area (Å²) in [4.78, 5) is 28.1. The van der Waals surface area contributed by atoms with Crippen LogP contribution in [0.3, 0.4) is 0 Å². The highest BCUT2D eigenvalue weighted by molar-refractivity contribution is 8.00. The Kier molecular flexibility index (Phi) is 6.63. The molecule has 2 saturated heterocycles. The molecule has 3 heterocycles. The molecule has 0 radical (unpaired) electrons. The van der Waals surface area contributed by atoms with Crippen molar-refractivity contribution in [2.24, 2.45) is 0 Å². The second-order valence-electron chi connectivity index (χ2n) is 7.84. The van der Waals surface area contributed by atoms with Gasteiger partial charge in [0.1, 0.15) is 5.82 Å². The molecule has 11 heteroatoms. The lowest BCUT2D eigenvalue weighted by atomic mass is 10.3. The van der Waals surface area contributed by atoms with E-state index in [0.717, 1.165) is 43.4 Å². The third kappa shape index (κ3) is 5.76. The predicted molar refractivity (Wildman–Crippen MR) is 119 cm³/mol. The Hall–Kier alpha value is -2.69. The lowest BCUT2D eigenvalue weighted by Crippen LogP contribution is -2.50. The minimum atomic E-state index is -4.33. The van der Waals surface area contributed by atoms with E-state index in [4.69, 9.17) is 4.98 Å². The van der Waals surface area contributed by atoms with Crippen LogP contribution in [0.5, 0.6) is 0 Å². The van der Waals surface area contributed by atoms with Gasteiger partial charge in [-0.2, -0.15) is 18.2 Å². The maximum Gasteiger partial charge on any atom is 0.446 e. The van der Waals surface area contributed by atoms with Crippen molar-refractivity contribution in [1.82, 2.24) is 14.9 Å². The van der Waals surface area contributed by atoms with Gasteiger partial charge in [-0.05, 0) is 55.8 Å². The SMILES string of the molecule is Cc1cc(N2CCN(C(=O)Nc3ccc(SC(F)(F)F)cc3)CC2)nc(N2CCCC2)n1. The molecule has 1 N–H and O–H groups in total. The Balaban J connectivity index is 1.32. The number of urea groups is 1. The summed E-state index contributed by atoms with van der Waals surface area (Å²) >= 11 is -0.178. The molecule has 2 amide bonds. The van der Waals surface area contributed by atoms with E-state index in [-0.39, 0.29) is 22.7 Å². The quantitative estimate of drug-likeness (QED) is 0.676. The van der Waals surface area contributed by atoms with E-state index in [1.807, 2.05) is 13.0 Å². The van der Waals surface area contributed by atoms with Gasteiger partial charge < -0.3 is 20.0 Å². The van der Waals surface area contributed by atoms with E-state index in [1.165, 1.54) is 24.3 Å². The number of anilines is 3. The van der Waals surface area contributed by atoms with Gasteiger partial charge in [-0.1, -0.05) is 0 Å². The lowest BCUT2D eigenvalue weighted by molar-refractivity contribution is -0.0328. The van der Waals surface area contributed by atoms with Gasteiger partial charge in [-0.25, -0.2) is 9.78 Å². The Bertz CT molecular complexity index is 942. The van der Waals surface area contributed by atoms with Gasteiger partial charge in [-0.15, -0.1) is 0 Å². The molecular weight excluding hydrogens is 441 g/mol. The topological polar surface area (TPSA) is 64.6 Å². The monoisotopic (exact) mass is 466 g/mol. The van der Waals surface area contributed by atoms with Crippen LogP contribution in [0.2, 0.25) is 0 Å². The van der Waals surface area contributed by atoms with Crippen LogP contribution >= 0.6 is 11.8 Å². The van der Waals surface area contributed by atoms with E-state index in [2.05, 4.69) is 20.1 Å². The first-order valence-electron chi connectivity index (χ1n) is 10.5. The van der Waals surface area contributed by atoms with Gasteiger partial charge in [0, 0.05) is 61.6 Å². The van der Waals surface area contributed by atoms with E-state index in [0.29, 0.717) is 31.9 Å². The number of carbonyl (C=O) groups excluding carboxylic acids is 1. The van der Waals surface area contributed by atoms with E-state index >= 15 is 0 Å². The molecule has 0 aliphatic carbocycles. The molecule has 0 bridgehead atoms. The molecule has 2 fully saturated rings. The summed E-state index contributed by atoms with van der Waals surface area (Å²) < 4.78 is 37.3. The zero-order valence-electron chi connectivity index (χ0n) is 17.7. The fourth-order valence-corrected chi connectivity index (χ4v) is 4.38. The molecule has 1 aromatic carbocycles. The molecule has 0 atom stereocenters. The van der Waals surface area contributed by atoms with E-state index in [1.54, 1.807) is 4.90 Å². The number of nitrogens with one attached hydrogen (secondary N) is 1. The molecule has 172 valence electrons. The minimum Gasteiger partial charge on any atom is -0.353 e. The molecule has 1 aromatic heterocycles. The van der Waals surface area contributed by atoms with Crippen molar-refractivity contribution in [2.45, 2.75) is 30.2 Å². The van der Waals surface area contributed by atoms with Crippen molar-refractivity contribution in [3.8, 4) is 0 Å². The van der Waals surface area contributed by atoms with Crippen LogP contribution in [-0.4, -0.2) is 65.7 Å². The van der Waals surface area contributed by atoms with Crippen molar-refractivity contribution in [1.29, 1.82) is 0 Å². The van der Waals surface area contributed by atoms with Gasteiger partial charge in [-0.3, -0.25) is 0 Å². The number of carbonyl (C=O) groups is 1. The standard InChI is InChI=1S/C21H25F3N6OS/c1-15-14-18(27-19(25-15)29-8-2-3-9-29)28-10-12-30(13-11-28)20(31)26-16-4-6-17(7-5-16)32-21(22,23)24/h4-7,14H,2-3,8-13H2,1H3,(H,26,31). The maximum atomic E-state index is 12.6. The molecule has 7 nitrogen and oxygen atoms in total. The third-order valence-corrected chi connectivity index (χ3v) is 6.19. The molecule has 2 aliphatic rings. The first-order chi connectivity index (χ1) is 15.3. The number of piperazine rings is 1. The summed E-state index contributed by atoms with van der Waals surface area (Å²) in [5.41, 5.74) is -2.95. The number of rotatable bonds is 4. The van der Waals surface area contributed by atoms with Crippen molar-refractivity contribution in [2.75, 3.05) is 54.4 Å². The number of aromatic nitrogens is 2. The number of hydrogen-bond acceptors (Lipinski definition) is 6. The maximum absolute atomic E-state index is 12.6. The first kappa shape index (κ1) is 22.5. The summed E-state index contributed by atoms with van der Waals surface area (Å²) in [6.45, 7) is 6.26. The Labute approximate surface area is 189 Å². The smallest absolute Gasteiger partial charge is 0.353 e. The Morgan fingerprint density at radius 1 is 0.969 bits per heavy atom. The zero-order valence-corrected chi connectivity index (χ0v) is 18.5. The van der Waals surface area contributed by atoms with Crippen LogP contribution in [0.1, 0.15) is 18.5 Å². The number of nitrogens with zero attached hydrogens (tertiary/aromatic N) is 5. The van der Waals surface area contributed by atoms with Gasteiger partial charge in [0.15, 0.2) is 0 Å². The van der Waals surface area contributed by atoms with E-state index in [9.17, 15) is 18.0 Å². The second-order valence-corrected chi connectivity index (χ2v) is 8.98. The van der Waals surface area contributed by atoms with Gasteiger partial charge in [0.25, 0.3) is 0 Å². The van der Waals surface area contributed by atoms with Crippen molar-refractivity contribution >= 4 is 35.2 Å². The first-order valence-corrected chi connectivity index (χ1v) is 11.4. The Morgan fingerprint density at radius 2 is 1.62 bits per heavy atom. The molecule has 2 aromatic rings. The number of thioether (sulfide) groups is 1. The van der Waals surface area contributed by atoms with Crippen molar-refractivity contribution in [3.05, 3.63) is 36.0 Å². The van der Waals surface area contributed by atoms with Crippen LogP contribution in [0.15, 0.2) is 35.2 Å². The van der Waals surface area contributed by atoms with Crippen LogP contribution in [0, 0.1) is 6.92 Å². The molecule has 32 heavy (non-hydrogen) atoms. The van der Waals surface area contributed by atoms with Crippen LogP contribution in [0.4, 0.5) is 35.4 Å². The van der Waals surface area contributed by atoms with Crippen LogP contribution < -0.4 is 15.1 Å². The fourth-order valence-electron chi connectivity index (χ4n) is 3.84. The van der Waals surface area contributed by atoms with Crippen LogP contribution in [0.25, 0.3) is 0 Å². The number of amides is 2. The Morgan fingerprint density at radius 3 is 2.25 bits per heavy atom. The summed E-state index contributed by atoms with van der Waals surface area (Å²) in [5.74, 6) is 1.64. The zero-order chi connectivity index (χ0) is 22.7. The number of aryl methyl sites for hydroxylation is 1. The van der Waals surface area contributed by atoms with Crippen LogP contribution in [-0.2, 0) is 0 Å². The summed E-state index contributed by atoms with van der Waals surface area (Å²) in [5, 5.41) is 2.76. The van der Waals surface area contributed by atoms with Crippen molar-refractivity contribution < 1.29 is 18.0 Å². The lowest BCUT2D eigenvalue weighted by Gasteiger charge is -2.35. The highest BCUT2D eigenvalue weighted by atomic mass is 32.2. The molecular formula is C21H25F3N6OS. The van der Waals surface area contributed by atoms with Gasteiger partial charge in [0.2, 0.25) is 5.95 Å². The number of halogens is 3. The molecule has 2 aliphatic heterocycles. The molecule has 0 unspecified atom stereocenters. The highest BCUT2D eigenvalue weighted by Crippen LogP contribution is 2.37. The normalized spacial score (nSPS) is 17.1. The average molecular weight is 467 g/mol. The number of alkyl halides is 3. The third-order valence-electron chi connectivity index (χ3n) is 5.45. The predicted octanol–water partition coefficient (Wildman–Crippen LogP) is 4.35. The van der Waals surface area contributed by atoms with Gasteiger partial charge in [0.05, 0.1) is 0 Å². The van der Waals surface area contributed by atoms with E-state index < -0.39 is 5.51 Å². The second kappa shape index (κ2) is 9.43. The summed E-state index contributed by atoms with van der Waals surface area (Å²) in [7, 11) is 0. The largest absolute Gasteiger partial charge is 0.446 e. The highest BCUT2D eigenvalue weighted by Gasteiger charge is 2.29. The minimum absolute atomic E-state index is 0.0811.